The molecule has 0 amide bonds. The molecule has 0 N–H and O–H groups in total. The molecule has 3 aliphatic carbocycles. The summed E-state index contributed by atoms with van der Waals surface area (Å²) in [5.74, 6) is 2.74. The third-order valence-corrected chi connectivity index (χ3v) is 6.28. The van der Waals surface area contributed by atoms with Gasteiger partial charge in [-0.1, -0.05) is 34.6 Å². The minimum atomic E-state index is -0.0336. The molecule has 19 heavy (non-hydrogen) atoms. The first kappa shape index (κ1) is 13.9. The van der Waals surface area contributed by atoms with Crippen LogP contribution in [0, 0.1) is 23.2 Å². The van der Waals surface area contributed by atoms with E-state index in [1.807, 2.05) is 0 Å². The van der Waals surface area contributed by atoms with Crippen molar-refractivity contribution in [3.63, 3.8) is 0 Å². The lowest BCUT2D eigenvalue weighted by Gasteiger charge is -2.64. The Kier molecular flexibility index (Phi) is 3.11. The van der Waals surface area contributed by atoms with Crippen LogP contribution < -0.4 is 0 Å². The van der Waals surface area contributed by atoms with Crippen molar-refractivity contribution in [3.05, 3.63) is 0 Å². The summed E-state index contributed by atoms with van der Waals surface area (Å²) in [7, 11) is 0.0209. The predicted octanol–water partition coefficient (Wildman–Crippen LogP) is 4.15. The smallest absolute Gasteiger partial charge is 0.405 e. The van der Waals surface area contributed by atoms with Crippen LogP contribution in [0.1, 0.15) is 60.8 Å². The van der Waals surface area contributed by atoms with Crippen molar-refractivity contribution < 1.29 is 9.31 Å². The summed E-state index contributed by atoms with van der Waals surface area (Å²) in [6.07, 6.45) is 4.06. The summed E-state index contributed by atoms with van der Waals surface area (Å²) in [5.41, 5.74) is 0.416. The van der Waals surface area contributed by atoms with Crippen LogP contribution >= 0.6 is 0 Å². The Morgan fingerprint density at radius 2 is 1.84 bits per heavy atom. The number of hydrogen-bond donors (Lipinski definition) is 0. The van der Waals surface area contributed by atoms with Crippen LogP contribution in [-0.2, 0) is 9.31 Å². The Hall–Kier alpha value is -0.0151. The highest BCUT2D eigenvalue weighted by atomic mass is 16.7. The van der Waals surface area contributed by atoms with Crippen LogP contribution in [0.15, 0.2) is 0 Å². The zero-order chi connectivity index (χ0) is 14.0. The molecule has 2 nitrogen and oxygen atoms in total. The molecule has 4 rings (SSSR count). The third-order valence-electron chi connectivity index (χ3n) is 6.28. The molecule has 108 valence electrons. The molecule has 5 atom stereocenters. The van der Waals surface area contributed by atoms with Crippen LogP contribution in [0.5, 0.6) is 0 Å². The van der Waals surface area contributed by atoms with Gasteiger partial charge in [-0.3, -0.25) is 0 Å². The molecule has 1 aliphatic heterocycles. The van der Waals surface area contributed by atoms with Crippen molar-refractivity contribution in [2.75, 3.05) is 0 Å². The molecule has 0 aromatic rings. The van der Waals surface area contributed by atoms with Crippen molar-refractivity contribution in [3.8, 4) is 0 Å². The van der Waals surface area contributed by atoms with Gasteiger partial charge in [-0.15, -0.1) is 0 Å². The SMILES string of the molecule is CC(C)C[C@@H](C)B1O[C@@H]2C[C@@H]3C[C@@H](C3(C)C)[C@]2(C)O1. The van der Waals surface area contributed by atoms with Crippen LogP contribution in [0.2, 0.25) is 5.82 Å². The fourth-order valence-corrected chi connectivity index (χ4v) is 5.00. The largest absolute Gasteiger partial charge is 0.460 e. The maximum atomic E-state index is 6.48. The van der Waals surface area contributed by atoms with Crippen molar-refractivity contribution in [2.45, 2.75) is 78.3 Å². The molecule has 2 bridgehead atoms. The predicted molar refractivity (Wildman–Crippen MR) is 79.0 cm³/mol. The topological polar surface area (TPSA) is 18.5 Å². The molecule has 1 saturated heterocycles. The van der Waals surface area contributed by atoms with Gasteiger partial charge < -0.3 is 9.31 Å². The Balaban J connectivity index is 1.74. The van der Waals surface area contributed by atoms with Gasteiger partial charge >= 0.3 is 7.12 Å². The van der Waals surface area contributed by atoms with Crippen molar-refractivity contribution in [2.24, 2.45) is 23.2 Å². The molecule has 4 aliphatic rings. The second-order valence-electron chi connectivity index (χ2n) is 8.44. The third kappa shape index (κ3) is 1.92. The van der Waals surface area contributed by atoms with E-state index < -0.39 is 0 Å². The normalized spacial score (nSPS) is 45.0. The standard InChI is InChI=1S/C16H29BO2/c1-10(2)7-11(3)17-18-14-9-12-8-13(15(12,4)5)16(14,6)19-17/h10-14H,7-9H2,1-6H3/t11-,12+,13+,14-,16+/m1/s1. The molecule has 1 heterocycles. The summed E-state index contributed by atoms with van der Waals surface area (Å²) < 4.78 is 12.8. The summed E-state index contributed by atoms with van der Waals surface area (Å²) in [5, 5.41) is 0. The Morgan fingerprint density at radius 3 is 2.42 bits per heavy atom. The number of hydrogen-bond acceptors (Lipinski definition) is 2. The van der Waals surface area contributed by atoms with E-state index in [1.165, 1.54) is 19.3 Å². The summed E-state index contributed by atoms with van der Waals surface area (Å²) in [6.45, 7) is 14.0. The Morgan fingerprint density at radius 1 is 1.16 bits per heavy atom. The molecule has 0 unspecified atom stereocenters. The van der Waals surface area contributed by atoms with Crippen LogP contribution in [0.4, 0.5) is 0 Å². The van der Waals surface area contributed by atoms with Crippen LogP contribution in [0.25, 0.3) is 0 Å². The fourth-order valence-electron chi connectivity index (χ4n) is 5.00. The Bertz CT molecular complexity index is 368. The lowest BCUT2D eigenvalue weighted by molar-refractivity contribution is -0.199. The second-order valence-corrected chi connectivity index (χ2v) is 8.44. The quantitative estimate of drug-likeness (QED) is 0.713. The highest BCUT2D eigenvalue weighted by molar-refractivity contribution is 6.47. The summed E-state index contributed by atoms with van der Waals surface area (Å²) >= 11 is 0. The molecule has 0 spiro atoms. The highest BCUT2D eigenvalue weighted by Gasteiger charge is 2.68. The summed E-state index contributed by atoms with van der Waals surface area (Å²) in [6, 6.07) is 0. The van der Waals surface area contributed by atoms with Gasteiger partial charge in [-0.25, -0.2) is 0 Å². The second kappa shape index (κ2) is 4.24. The lowest BCUT2D eigenvalue weighted by atomic mass is 9.43. The van der Waals surface area contributed by atoms with Crippen LogP contribution in [-0.4, -0.2) is 18.8 Å². The molecule has 3 saturated carbocycles. The maximum Gasteiger partial charge on any atom is 0.460 e. The zero-order valence-electron chi connectivity index (χ0n) is 13.4. The first-order chi connectivity index (χ1) is 8.75. The molecule has 0 aromatic carbocycles. The van der Waals surface area contributed by atoms with Crippen molar-refractivity contribution >= 4 is 7.12 Å². The minimum absolute atomic E-state index is 0.0209. The Labute approximate surface area is 118 Å². The van der Waals surface area contributed by atoms with Crippen molar-refractivity contribution in [1.82, 2.24) is 0 Å². The van der Waals surface area contributed by atoms with Gasteiger partial charge in [-0.2, -0.15) is 0 Å². The molecule has 0 radical (unpaired) electrons. The van der Waals surface area contributed by atoms with Crippen LogP contribution in [0.3, 0.4) is 0 Å². The van der Waals surface area contributed by atoms with E-state index in [-0.39, 0.29) is 12.7 Å². The van der Waals surface area contributed by atoms with Gasteiger partial charge in [-0.05, 0) is 55.2 Å². The highest BCUT2D eigenvalue weighted by Crippen LogP contribution is 2.66. The van der Waals surface area contributed by atoms with Gasteiger partial charge in [0.2, 0.25) is 0 Å². The van der Waals surface area contributed by atoms with Gasteiger partial charge in [0.25, 0.3) is 0 Å². The van der Waals surface area contributed by atoms with Gasteiger partial charge in [0, 0.05) is 0 Å². The summed E-state index contributed by atoms with van der Waals surface area (Å²) in [4.78, 5) is 0. The van der Waals surface area contributed by atoms with E-state index in [4.69, 9.17) is 9.31 Å². The van der Waals surface area contributed by atoms with Crippen molar-refractivity contribution in [1.29, 1.82) is 0 Å². The molecular weight excluding hydrogens is 235 g/mol. The molecule has 4 fully saturated rings. The minimum Gasteiger partial charge on any atom is -0.405 e. The average molecular weight is 264 g/mol. The zero-order valence-corrected chi connectivity index (χ0v) is 13.4. The first-order valence-electron chi connectivity index (χ1n) is 8.08. The number of rotatable bonds is 3. The molecule has 3 heteroatoms. The van der Waals surface area contributed by atoms with E-state index in [0.717, 1.165) is 5.92 Å². The average Bonchev–Trinajstić information content (AvgIpc) is 2.64. The van der Waals surface area contributed by atoms with E-state index in [0.29, 0.717) is 29.2 Å². The monoisotopic (exact) mass is 264 g/mol. The van der Waals surface area contributed by atoms with E-state index in [2.05, 4.69) is 41.5 Å². The van der Waals surface area contributed by atoms with Gasteiger partial charge in [0.15, 0.2) is 0 Å². The van der Waals surface area contributed by atoms with Gasteiger partial charge in [0.05, 0.1) is 11.7 Å². The maximum absolute atomic E-state index is 6.48. The molecule has 0 aromatic heterocycles. The first-order valence-corrected chi connectivity index (χ1v) is 8.08. The lowest BCUT2D eigenvalue weighted by Crippen LogP contribution is -2.65. The van der Waals surface area contributed by atoms with E-state index in [1.54, 1.807) is 0 Å². The van der Waals surface area contributed by atoms with E-state index >= 15 is 0 Å². The molecular formula is C16H29BO2. The van der Waals surface area contributed by atoms with E-state index in [9.17, 15) is 0 Å². The van der Waals surface area contributed by atoms with Gasteiger partial charge in [0.1, 0.15) is 0 Å². The fraction of sp³-hybridized carbons (Fsp3) is 1.00.